The van der Waals surface area contributed by atoms with Crippen LogP contribution in [0.1, 0.15) is 0 Å². The first-order chi connectivity index (χ1) is 9.25. The molecule has 0 bridgehead atoms. The van der Waals surface area contributed by atoms with Gasteiger partial charge in [-0.1, -0.05) is 48.5 Å². The Kier molecular flexibility index (Phi) is 2.96. The Balaban J connectivity index is 2.14. The number of benzene rings is 3. The fourth-order valence-electron chi connectivity index (χ4n) is 2.33. The molecule has 0 atom stereocenters. The Bertz CT molecular complexity index is 691. The number of fused-ring (bicyclic) bond motifs is 1. The summed E-state index contributed by atoms with van der Waals surface area (Å²) in [5.74, 6) is 0. The average molecular weight is 246 g/mol. The highest BCUT2D eigenvalue weighted by Crippen LogP contribution is 2.29. The molecule has 0 saturated heterocycles. The van der Waals surface area contributed by atoms with Crippen molar-refractivity contribution in [1.82, 2.24) is 0 Å². The highest BCUT2D eigenvalue weighted by Gasteiger charge is 2.04. The van der Waals surface area contributed by atoms with E-state index in [-0.39, 0.29) is 0 Å². The topological polar surface area (TPSA) is 3.24 Å². The van der Waals surface area contributed by atoms with Crippen LogP contribution < -0.4 is 4.90 Å². The summed E-state index contributed by atoms with van der Waals surface area (Å²) in [5.41, 5.74) is 3.59. The van der Waals surface area contributed by atoms with Crippen molar-refractivity contribution in [1.29, 1.82) is 0 Å². The molecule has 0 aliphatic heterocycles. The van der Waals surface area contributed by atoms with Crippen molar-refractivity contribution in [2.24, 2.45) is 0 Å². The Hall–Kier alpha value is -2.28. The van der Waals surface area contributed by atoms with Gasteiger partial charge in [0.2, 0.25) is 0 Å². The fourth-order valence-corrected chi connectivity index (χ4v) is 2.33. The molecule has 0 aliphatic rings. The normalized spacial score (nSPS) is 10.6. The van der Waals surface area contributed by atoms with Crippen molar-refractivity contribution in [3.63, 3.8) is 0 Å². The zero-order valence-corrected chi connectivity index (χ0v) is 11.2. The van der Waals surface area contributed by atoms with E-state index in [2.05, 4.69) is 79.7 Å². The van der Waals surface area contributed by atoms with Crippen LogP contribution in [0.25, 0.3) is 21.9 Å². The Morgan fingerprint density at radius 2 is 1.58 bits per heavy atom. The second-order valence-electron chi connectivity index (χ2n) is 4.88. The van der Waals surface area contributed by atoms with Gasteiger partial charge in [0.25, 0.3) is 0 Å². The van der Waals surface area contributed by atoms with E-state index in [1.54, 1.807) is 0 Å². The van der Waals surface area contributed by atoms with Gasteiger partial charge >= 0.3 is 0 Å². The van der Waals surface area contributed by atoms with Crippen molar-refractivity contribution in [3.05, 3.63) is 66.7 Å². The van der Waals surface area contributed by atoms with E-state index >= 15 is 0 Å². The van der Waals surface area contributed by atoms with Gasteiger partial charge in [-0.05, 0) is 40.1 Å². The lowest BCUT2D eigenvalue weighted by Gasteiger charge is -2.13. The first kappa shape index (κ1) is 11.8. The van der Waals surface area contributed by atoms with Crippen LogP contribution in [0.4, 0.5) is 5.69 Å². The SMILES string of the molecule is CN(C)c1ccc(-c2[c]ccc3ccccc23)cc1. The maximum Gasteiger partial charge on any atom is 0.0361 e. The molecule has 0 N–H and O–H groups in total. The molecule has 0 aliphatic carbocycles. The van der Waals surface area contributed by atoms with E-state index in [1.165, 1.54) is 27.6 Å². The van der Waals surface area contributed by atoms with Crippen LogP contribution in [0.15, 0.2) is 60.7 Å². The monoisotopic (exact) mass is 246 g/mol. The first-order valence-electron chi connectivity index (χ1n) is 6.43. The summed E-state index contributed by atoms with van der Waals surface area (Å²) in [6, 6.07) is 24.5. The third-order valence-electron chi connectivity index (χ3n) is 3.39. The summed E-state index contributed by atoms with van der Waals surface area (Å²) >= 11 is 0. The summed E-state index contributed by atoms with van der Waals surface area (Å²) in [5, 5.41) is 2.51. The molecular formula is C18H16N. The maximum atomic E-state index is 3.36. The highest BCUT2D eigenvalue weighted by molar-refractivity contribution is 5.96. The second kappa shape index (κ2) is 4.77. The van der Waals surface area contributed by atoms with Crippen LogP contribution in [-0.2, 0) is 0 Å². The molecule has 1 nitrogen and oxygen atoms in total. The van der Waals surface area contributed by atoms with Crippen molar-refractivity contribution in [3.8, 4) is 11.1 Å². The second-order valence-corrected chi connectivity index (χ2v) is 4.88. The van der Waals surface area contributed by atoms with Gasteiger partial charge in [-0.25, -0.2) is 0 Å². The predicted molar refractivity (Wildman–Crippen MR) is 82.5 cm³/mol. The van der Waals surface area contributed by atoms with Crippen molar-refractivity contribution < 1.29 is 0 Å². The first-order valence-corrected chi connectivity index (χ1v) is 6.43. The van der Waals surface area contributed by atoms with E-state index in [4.69, 9.17) is 0 Å². The molecule has 1 heteroatoms. The summed E-state index contributed by atoms with van der Waals surface area (Å²) in [6.07, 6.45) is 0. The quantitative estimate of drug-likeness (QED) is 0.649. The number of hydrogen-bond donors (Lipinski definition) is 0. The van der Waals surface area contributed by atoms with Gasteiger partial charge in [0.05, 0.1) is 0 Å². The van der Waals surface area contributed by atoms with Gasteiger partial charge in [-0.2, -0.15) is 0 Å². The minimum Gasteiger partial charge on any atom is -0.378 e. The molecule has 0 unspecified atom stereocenters. The summed E-state index contributed by atoms with van der Waals surface area (Å²) in [4.78, 5) is 2.11. The molecule has 0 aromatic heterocycles. The number of hydrogen-bond acceptors (Lipinski definition) is 1. The molecule has 3 aromatic carbocycles. The molecule has 3 rings (SSSR count). The molecule has 1 radical (unpaired) electrons. The Labute approximate surface area is 114 Å². The summed E-state index contributed by atoms with van der Waals surface area (Å²) < 4.78 is 0. The Morgan fingerprint density at radius 1 is 0.842 bits per heavy atom. The zero-order chi connectivity index (χ0) is 13.2. The fraction of sp³-hybridized carbons (Fsp3) is 0.111. The minimum atomic E-state index is 1.17. The van der Waals surface area contributed by atoms with Gasteiger partial charge in [0.1, 0.15) is 0 Å². The number of anilines is 1. The lowest BCUT2D eigenvalue weighted by molar-refractivity contribution is 1.13. The van der Waals surface area contributed by atoms with Crippen LogP contribution >= 0.6 is 0 Å². The smallest absolute Gasteiger partial charge is 0.0361 e. The largest absolute Gasteiger partial charge is 0.378 e. The van der Waals surface area contributed by atoms with Gasteiger partial charge in [0, 0.05) is 19.8 Å². The molecule has 93 valence electrons. The van der Waals surface area contributed by atoms with Crippen LogP contribution in [-0.4, -0.2) is 14.1 Å². The van der Waals surface area contributed by atoms with Crippen LogP contribution in [0, 0.1) is 6.07 Å². The van der Waals surface area contributed by atoms with E-state index in [9.17, 15) is 0 Å². The van der Waals surface area contributed by atoms with E-state index < -0.39 is 0 Å². The van der Waals surface area contributed by atoms with Crippen molar-refractivity contribution >= 4 is 16.5 Å². The maximum absolute atomic E-state index is 3.36. The molecule has 0 saturated carbocycles. The Morgan fingerprint density at radius 3 is 2.32 bits per heavy atom. The number of rotatable bonds is 2. The molecule has 0 heterocycles. The summed E-state index contributed by atoms with van der Waals surface area (Å²) in [6.45, 7) is 0. The van der Waals surface area contributed by atoms with Crippen molar-refractivity contribution in [2.45, 2.75) is 0 Å². The van der Waals surface area contributed by atoms with Gasteiger partial charge < -0.3 is 4.90 Å². The van der Waals surface area contributed by atoms with Crippen LogP contribution in [0.5, 0.6) is 0 Å². The van der Waals surface area contributed by atoms with Crippen LogP contribution in [0.3, 0.4) is 0 Å². The van der Waals surface area contributed by atoms with E-state index in [0.29, 0.717) is 0 Å². The third kappa shape index (κ3) is 2.19. The molecule has 0 fully saturated rings. The molecule has 3 aromatic rings. The molecule has 19 heavy (non-hydrogen) atoms. The average Bonchev–Trinajstić information content (AvgIpc) is 2.47. The third-order valence-corrected chi connectivity index (χ3v) is 3.39. The number of nitrogens with zero attached hydrogens (tertiary/aromatic N) is 1. The van der Waals surface area contributed by atoms with Gasteiger partial charge in [-0.3, -0.25) is 0 Å². The molecular weight excluding hydrogens is 230 g/mol. The standard InChI is InChI=1S/C18H16N/c1-19(2)16-12-10-15(11-13-16)18-9-5-7-14-6-3-4-8-17(14)18/h3-8,10-13H,1-2H3. The summed E-state index contributed by atoms with van der Waals surface area (Å²) in [7, 11) is 4.11. The lowest BCUT2D eigenvalue weighted by Crippen LogP contribution is -2.07. The highest BCUT2D eigenvalue weighted by atomic mass is 15.1. The van der Waals surface area contributed by atoms with Crippen molar-refractivity contribution in [2.75, 3.05) is 19.0 Å². The predicted octanol–water partition coefficient (Wildman–Crippen LogP) is 4.37. The molecule has 0 spiro atoms. The minimum absolute atomic E-state index is 1.17. The lowest BCUT2D eigenvalue weighted by atomic mass is 9.98. The van der Waals surface area contributed by atoms with E-state index in [0.717, 1.165) is 0 Å². The van der Waals surface area contributed by atoms with Gasteiger partial charge in [0.15, 0.2) is 0 Å². The van der Waals surface area contributed by atoms with Gasteiger partial charge in [-0.15, -0.1) is 0 Å². The zero-order valence-electron chi connectivity index (χ0n) is 11.2. The van der Waals surface area contributed by atoms with E-state index in [1.807, 2.05) is 6.07 Å². The molecule has 0 amide bonds. The van der Waals surface area contributed by atoms with Crippen LogP contribution in [0.2, 0.25) is 0 Å².